The highest BCUT2D eigenvalue weighted by Crippen LogP contribution is 2.18. The van der Waals surface area contributed by atoms with Crippen molar-refractivity contribution >= 4 is 0 Å². The number of nitrogens with zero attached hydrogens (tertiary/aromatic N) is 1. The van der Waals surface area contributed by atoms with E-state index in [1.54, 1.807) is 0 Å². The molecule has 3 heteroatoms. The average molecular weight is 220 g/mol. The van der Waals surface area contributed by atoms with Crippen molar-refractivity contribution in [2.45, 2.75) is 44.2 Å². The Labute approximate surface area is 96.9 Å². The van der Waals surface area contributed by atoms with Crippen molar-refractivity contribution < 1.29 is 5.11 Å². The number of aliphatic hydroxyl groups is 1. The van der Waals surface area contributed by atoms with Crippen molar-refractivity contribution in [1.29, 1.82) is 0 Å². The Kier molecular flexibility index (Phi) is 4.31. The summed E-state index contributed by atoms with van der Waals surface area (Å²) in [6, 6.07) is 6.62. The molecule has 1 heterocycles. The van der Waals surface area contributed by atoms with E-state index in [0.29, 0.717) is 6.04 Å². The molecule has 0 spiro atoms. The predicted octanol–water partition coefficient (Wildman–Crippen LogP) is 1.52. The zero-order chi connectivity index (χ0) is 11.2. The molecule has 1 aromatic heterocycles. The third-order valence-corrected chi connectivity index (χ3v) is 3.24. The molecule has 1 aliphatic rings. The van der Waals surface area contributed by atoms with Crippen LogP contribution in [0.1, 0.15) is 31.4 Å². The van der Waals surface area contributed by atoms with E-state index in [2.05, 4.69) is 16.4 Å². The zero-order valence-electron chi connectivity index (χ0n) is 9.60. The smallest absolute Gasteiger partial charge is 0.0541 e. The van der Waals surface area contributed by atoms with Crippen molar-refractivity contribution in [3.63, 3.8) is 0 Å². The van der Waals surface area contributed by atoms with E-state index in [4.69, 9.17) is 0 Å². The average Bonchev–Trinajstić information content (AvgIpc) is 2.33. The molecule has 2 N–H and O–H groups in total. The van der Waals surface area contributed by atoms with Gasteiger partial charge in [0.1, 0.15) is 0 Å². The normalized spacial score (nSPS) is 25.6. The lowest BCUT2D eigenvalue weighted by molar-refractivity contribution is 0.117. The highest BCUT2D eigenvalue weighted by molar-refractivity contribution is 5.03. The van der Waals surface area contributed by atoms with Crippen LogP contribution in [0.25, 0.3) is 0 Å². The molecule has 0 aromatic carbocycles. The van der Waals surface area contributed by atoms with Crippen molar-refractivity contribution in [1.82, 2.24) is 10.3 Å². The van der Waals surface area contributed by atoms with E-state index in [1.807, 2.05) is 18.3 Å². The quantitative estimate of drug-likeness (QED) is 0.808. The summed E-state index contributed by atoms with van der Waals surface area (Å²) in [5.74, 6) is 0. The van der Waals surface area contributed by atoms with Crippen LogP contribution in [-0.4, -0.2) is 28.8 Å². The summed E-state index contributed by atoms with van der Waals surface area (Å²) >= 11 is 0. The van der Waals surface area contributed by atoms with Gasteiger partial charge in [-0.2, -0.15) is 0 Å². The van der Waals surface area contributed by atoms with Gasteiger partial charge in [-0.3, -0.25) is 4.98 Å². The topological polar surface area (TPSA) is 45.1 Å². The van der Waals surface area contributed by atoms with Crippen molar-refractivity contribution in [3.05, 3.63) is 30.1 Å². The first-order chi connectivity index (χ1) is 7.84. The van der Waals surface area contributed by atoms with Crippen molar-refractivity contribution in [3.8, 4) is 0 Å². The van der Waals surface area contributed by atoms with Gasteiger partial charge in [0.15, 0.2) is 0 Å². The van der Waals surface area contributed by atoms with Gasteiger partial charge in [-0.15, -0.1) is 0 Å². The van der Waals surface area contributed by atoms with Crippen LogP contribution in [0, 0.1) is 0 Å². The molecular formula is C13H20N2O. The van der Waals surface area contributed by atoms with Crippen LogP contribution in [0.15, 0.2) is 24.4 Å². The maximum Gasteiger partial charge on any atom is 0.0541 e. The lowest BCUT2D eigenvalue weighted by atomic mass is 9.93. The molecule has 1 aromatic rings. The molecule has 1 fully saturated rings. The van der Waals surface area contributed by atoms with Gasteiger partial charge in [-0.1, -0.05) is 6.07 Å². The molecule has 0 unspecified atom stereocenters. The first-order valence-electron chi connectivity index (χ1n) is 6.16. The summed E-state index contributed by atoms with van der Waals surface area (Å²) in [4.78, 5) is 4.29. The molecule has 1 aliphatic carbocycles. The number of hydrogen-bond donors (Lipinski definition) is 2. The molecule has 2 rings (SSSR count). The molecule has 0 bridgehead atoms. The highest BCUT2D eigenvalue weighted by atomic mass is 16.3. The van der Waals surface area contributed by atoms with E-state index >= 15 is 0 Å². The maximum atomic E-state index is 9.39. The number of hydrogen-bond acceptors (Lipinski definition) is 3. The summed E-state index contributed by atoms with van der Waals surface area (Å²) < 4.78 is 0. The lowest BCUT2D eigenvalue weighted by Crippen LogP contribution is -2.35. The van der Waals surface area contributed by atoms with Crippen LogP contribution >= 0.6 is 0 Å². The van der Waals surface area contributed by atoms with Crippen LogP contribution in [-0.2, 0) is 6.42 Å². The molecule has 0 amide bonds. The van der Waals surface area contributed by atoms with Crippen LogP contribution in [0.2, 0.25) is 0 Å². The maximum absolute atomic E-state index is 9.39. The first kappa shape index (κ1) is 11.6. The van der Waals surface area contributed by atoms with Crippen molar-refractivity contribution in [2.24, 2.45) is 0 Å². The minimum Gasteiger partial charge on any atom is -0.393 e. The zero-order valence-corrected chi connectivity index (χ0v) is 9.60. The fraction of sp³-hybridized carbons (Fsp3) is 0.615. The Morgan fingerprint density at radius 1 is 1.25 bits per heavy atom. The van der Waals surface area contributed by atoms with Crippen LogP contribution in [0.5, 0.6) is 0 Å². The van der Waals surface area contributed by atoms with Gasteiger partial charge in [0, 0.05) is 30.9 Å². The molecule has 0 saturated heterocycles. The van der Waals surface area contributed by atoms with Gasteiger partial charge < -0.3 is 10.4 Å². The predicted molar refractivity (Wildman–Crippen MR) is 64.2 cm³/mol. The number of nitrogens with one attached hydrogen (secondary N) is 1. The largest absolute Gasteiger partial charge is 0.393 e. The van der Waals surface area contributed by atoms with E-state index in [9.17, 15) is 5.11 Å². The summed E-state index contributed by atoms with van der Waals surface area (Å²) in [7, 11) is 0. The van der Waals surface area contributed by atoms with E-state index in [-0.39, 0.29) is 6.10 Å². The highest BCUT2D eigenvalue weighted by Gasteiger charge is 2.18. The number of aromatic nitrogens is 1. The van der Waals surface area contributed by atoms with Crippen LogP contribution in [0.3, 0.4) is 0 Å². The molecule has 0 aliphatic heterocycles. The molecular weight excluding hydrogens is 200 g/mol. The standard InChI is InChI=1S/C13H20N2O/c16-13-6-4-12(5-7-13)15-10-8-11-3-1-2-9-14-11/h1-3,9,12-13,15-16H,4-8,10H2. The second kappa shape index (κ2) is 5.97. The van der Waals surface area contributed by atoms with Gasteiger partial charge in [0.05, 0.1) is 6.10 Å². The summed E-state index contributed by atoms with van der Waals surface area (Å²) in [5.41, 5.74) is 1.14. The summed E-state index contributed by atoms with van der Waals surface area (Å²) in [6.45, 7) is 0.984. The Hall–Kier alpha value is -0.930. The monoisotopic (exact) mass is 220 g/mol. The van der Waals surface area contributed by atoms with Gasteiger partial charge in [0.25, 0.3) is 0 Å². The van der Waals surface area contributed by atoms with Gasteiger partial charge in [0.2, 0.25) is 0 Å². The van der Waals surface area contributed by atoms with Crippen LogP contribution in [0.4, 0.5) is 0 Å². The minimum absolute atomic E-state index is 0.0613. The first-order valence-corrected chi connectivity index (χ1v) is 6.16. The molecule has 0 atom stereocenters. The molecule has 16 heavy (non-hydrogen) atoms. The Bertz CT molecular complexity index is 294. The third-order valence-electron chi connectivity index (χ3n) is 3.24. The fourth-order valence-corrected chi connectivity index (χ4v) is 2.23. The Morgan fingerprint density at radius 3 is 2.75 bits per heavy atom. The van der Waals surface area contributed by atoms with Gasteiger partial charge >= 0.3 is 0 Å². The minimum atomic E-state index is -0.0613. The molecule has 3 nitrogen and oxygen atoms in total. The van der Waals surface area contributed by atoms with E-state index < -0.39 is 0 Å². The second-order valence-corrected chi connectivity index (χ2v) is 4.53. The van der Waals surface area contributed by atoms with Gasteiger partial charge in [-0.25, -0.2) is 0 Å². The van der Waals surface area contributed by atoms with E-state index in [0.717, 1.165) is 44.3 Å². The Balaban J connectivity index is 1.65. The summed E-state index contributed by atoms with van der Waals surface area (Å²) in [5, 5.41) is 12.9. The SMILES string of the molecule is OC1CCC(NCCc2ccccn2)CC1. The van der Waals surface area contributed by atoms with Crippen LogP contribution < -0.4 is 5.32 Å². The number of rotatable bonds is 4. The fourth-order valence-electron chi connectivity index (χ4n) is 2.23. The summed E-state index contributed by atoms with van der Waals surface area (Å²) in [6.07, 6.45) is 6.86. The second-order valence-electron chi connectivity index (χ2n) is 4.53. The molecule has 1 saturated carbocycles. The number of aliphatic hydroxyl groups excluding tert-OH is 1. The van der Waals surface area contributed by atoms with E-state index in [1.165, 1.54) is 0 Å². The lowest BCUT2D eigenvalue weighted by Gasteiger charge is -2.26. The van der Waals surface area contributed by atoms with Crippen molar-refractivity contribution in [2.75, 3.05) is 6.54 Å². The Morgan fingerprint density at radius 2 is 2.06 bits per heavy atom. The molecule has 88 valence electrons. The number of pyridine rings is 1. The van der Waals surface area contributed by atoms with Gasteiger partial charge in [-0.05, 0) is 37.8 Å². The molecule has 0 radical (unpaired) electrons. The third kappa shape index (κ3) is 3.58.